The minimum absolute atomic E-state index is 0.161. The van der Waals surface area contributed by atoms with E-state index < -0.39 is 10.0 Å². The molecule has 1 saturated carbocycles. The zero-order valence-corrected chi connectivity index (χ0v) is 18.5. The Bertz CT molecular complexity index is 1170. The summed E-state index contributed by atoms with van der Waals surface area (Å²) < 4.78 is 33.8. The van der Waals surface area contributed by atoms with Crippen LogP contribution in [-0.4, -0.2) is 20.4 Å². The summed E-state index contributed by atoms with van der Waals surface area (Å²) in [4.78, 5) is 12.9. The molecule has 0 bridgehead atoms. The Morgan fingerprint density at radius 2 is 1.62 bits per heavy atom. The van der Waals surface area contributed by atoms with Crippen molar-refractivity contribution in [3.8, 4) is 5.75 Å². The molecule has 6 nitrogen and oxygen atoms in total. The minimum Gasteiger partial charge on any atom is -0.490 e. The lowest BCUT2D eigenvalue weighted by molar-refractivity contribution is 0.0950. The Hall–Kier alpha value is -3.32. The zero-order valence-electron chi connectivity index (χ0n) is 17.7. The summed E-state index contributed by atoms with van der Waals surface area (Å²) in [6.07, 6.45) is 4.74. The Morgan fingerprint density at radius 1 is 0.906 bits per heavy atom. The molecular weight excluding hydrogens is 424 g/mol. The van der Waals surface area contributed by atoms with E-state index in [4.69, 9.17) is 4.74 Å². The average Bonchev–Trinajstić information content (AvgIpc) is 3.32. The average molecular weight is 451 g/mol. The van der Waals surface area contributed by atoms with E-state index in [0.29, 0.717) is 17.8 Å². The topological polar surface area (TPSA) is 84.5 Å². The molecule has 1 amide bonds. The fraction of sp³-hybridized carbons (Fsp3) is 0.240. The SMILES string of the molecule is O=C(NCc1ccccc1OC1CCCC1)c1cccc(NS(=O)(=O)c2ccccc2)c1. The van der Waals surface area contributed by atoms with Gasteiger partial charge in [0.2, 0.25) is 0 Å². The van der Waals surface area contributed by atoms with Gasteiger partial charge in [0, 0.05) is 23.4 Å². The summed E-state index contributed by atoms with van der Waals surface area (Å²) >= 11 is 0. The molecule has 1 fully saturated rings. The quantitative estimate of drug-likeness (QED) is 0.519. The molecule has 0 saturated heterocycles. The Labute approximate surface area is 188 Å². The van der Waals surface area contributed by atoms with Crippen LogP contribution < -0.4 is 14.8 Å². The monoisotopic (exact) mass is 450 g/mol. The second-order valence-electron chi connectivity index (χ2n) is 7.81. The van der Waals surface area contributed by atoms with Gasteiger partial charge < -0.3 is 10.1 Å². The number of anilines is 1. The van der Waals surface area contributed by atoms with Gasteiger partial charge in [0.25, 0.3) is 15.9 Å². The van der Waals surface area contributed by atoms with Crippen molar-refractivity contribution in [2.75, 3.05) is 4.72 Å². The van der Waals surface area contributed by atoms with E-state index in [1.807, 2.05) is 24.3 Å². The van der Waals surface area contributed by atoms with Crippen molar-refractivity contribution in [1.29, 1.82) is 0 Å². The highest BCUT2D eigenvalue weighted by Crippen LogP contribution is 2.26. The number of nitrogens with one attached hydrogen (secondary N) is 2. The lowest BCUT2D eigenvalue weighted by Gasteiger charge is -2.17. The van der Waals surface area contributed by atoms with Gasteiger partial charge in [-0.15, -0.1) is 0 Å². The first-order chi connectivity index (χ1) is 15.5. The van der Waals surface area contributed by atoms with E-state index in [-0.39, 0.29) is 16.9 Å². The van der Waals surface area contributed by atoms with Gasteiger partial charge in [-0.05, 0) is 62.1 Å². The first-order valence-electron chi connectivity index (χ1n) is 10.7. The minimum atomic E-state index is -3.73. The number of ether oxygens (including phenoxy) is 1. The molecular formula is C25H26N2O4S. The third kappa shape index (κ3) is 5.48. The Kier molecular flexibility index (Phi) is 6.75. The molecule has 3 aromatic rings. The molecule has 0 spiro atoms. The van der Waals surface area contributed by atoms with Crippen molar-refractivity contribution in [2.45, 2.75) is 43.2 Å². The molecule has 7 heteroatoms. The number of carbonyl (C=O) groups excluding carboxylic acids is 1. The van der Waals surface area contributed by atoms with Crippen LogP contribution in [0.2, 0.25) is 0 Å². The maximum absolute atomic E-state index is 12.7. The third-order valence-corrected chi connectivity index (χ3v) is 6.84. The molecule has 0 aromatic heterocycles. The predicted octanol–water partition coefficient (Wildman–Crippen LogP) is 4.74. The van der Waals surface area contributed by atoms with E-state index in [1.54, 1.807) is 36.4 Å². The van der Waals surface area contributed by atoms with E-state index in [0.717, 1.165) is 24.2 Å². The van der Waals surface area contributed by atoms with Crippen LogP contribution in [0.4, 0.5) is 5.69 Å². The highest BCUT2D eigenvalue weighted by Gasteiger charge is 2.18. The van der Waals surface area contributed by atoms with Gasteiger partial charge >= 0.3 is 0 Å². The first-order valence-corrected chi connectivity index (χ1v) is 12.2. The van der Waals surface area contributed by atoms with Gasteiger partial charge in [-0.2, -0.15) is 0 Å². The number of hydrogen-bond acceptors (Lipinski definition) is 4. The molecule has 3 aromatic carbocycles. The lowest BCUT2D eigenvalue weighted by Crippen LogP contribution is -2.24. The molecule has 0 aliphatic heterocycles. The Balaban J connectivity index is 1.42. The number of rotatable bonds is 8. The van der Waals surface area contributed by atoms with Crippen molar-refractivity contribution in [1.82, 2.24) is 5.32 Å². The molecule has 1 aliphatic rings. The molecule has 32 heavy (non-hydrogen) atoms. The molecule has 166 valence electrons. The van der Waals surface area contributed by atoms with Crippen molar-refractivity contribution in [3.05, 3.63) is 90.0 Å². The maximum atomic E-state index is 12.7. The molecule has 0 radical (unpaired) electrons. The van der Waals surface area contributed by atoms with Gasteiger partial charge in [-0.1, -0.05) is 42.5 Å². The number of benzene rings is 3. The zero-order chi connectivity index (χ0) is 22.4. The largest absolute Gasteiger partial charge is 0.490 e. The van der Waals surface area contributed by atoms with E-state index in [9.17, 15) is 13.2 Å². The van der Waals surface area contributed by atoms with Gasteiger partial charge in [-0.25, -0.2) is 8.42 Å². The van der Waals surface area contributed by atoms with Crippen LogP contribution in [0.25, 0.3) is 0 Å². The van der Waals surface area contributed by atoms with Crippen LogP contribution in [0.5, 0.6) is 5.75 Å². The summed E-state index contributed by atoms with van der Waals surface area (Å²) in [6, 6.07) is 22.3. The first kappa shape index (κ1) is 21.9. The number of carbonyl (C=O) groups is 1. The number of sulfonamides is 1. The van der Waals surface area contributed by atoms with Crippen LogP contribution in [0.15, 0.2) is 83.8 Å². The second-order valence-corrected chi connectivity index (χ2v) is 9.50. The highest BCUT2D eigenvalue weighted by molar-refractivity contribution is 7.92. The van der Waals surface area contributed by atoms with Crippen LogP contribution in [0.3, 0.4) is 0 Å². The number of amides is 1. The van der Waals surface area contributed by atoms with Crippen LogP contribution >= 0.6 is 0 Å². The predicted molar refractivity (Wildman–Crippen MR) is 124 cm³/mol. The lowest BCUT2D eigenvalue weighted by atomic mass is 10.1. The van der Waals surface area contributed by atoms with Crippen molar-refractivity contribution in [3.63, 3.8) is 0 Å². The van der Waals surface area contributed by atoms with Gasteiger partial charge in [-0.3, -0.25) is 9.52 Å². The fourth-order valence-electron chi connectivity index (χ4n) is 3.77. The molecule has 0 atom stereocenters. The van der Waals surface area contributed by atoms with Crippen molar-refractivity contribution >= 4 is 21.6 Å². The summed E-state index contributed by atoms with van der Waals surface area (Å²) in [5.74, 6) is 0.505. The van der Waals surface area contributed by atoms with Gasteiger partial charge in [0.15, 0.2) is 0 Å². The molecule has 0 heterocycles. The number of para-hydroxylation sites is 1. The molecule has 4 rings (SSSR count). The second kappa shape index (κ2) is 9.87. The van der Waals surface area contributed by atoms with Crippen molar-refractivity contribution in [2.24, 2.45) is 0 Å². The molecule has 0 unspecified atom stereocenters. The molecule has 2 N–H and O–H groups in total. The highest BCUT2D eigenvalue weighted by atomic mass is 32.2. The summed E-state index contributed by atoms with van der Waals surface area (Å²) in [5.41, 5.74) is 1.60. The maximum Gasteiger partial charge on any atom is 0.261 e. The van der Waals surface area contributed by atoms with E-state index >= 15 is 0 Å². The fourth-order valence-corrected chi connectivity index (χ4v) is 4.84. The molecule has 1 aliphatic carbocycles. The van der Waals surface area contributed by atoms with Crippen LogP contribution in [0, 0.1) is 0 Å². The third-order valence-electron chi connectivity index (χ3n) is 5.44. The van der Waals surface area contributed by atoms with Gasteiger partial charge in [0.05, 0.1) is 11.0 Å². The van der Waals surface area contributed by atoms with E-state index in [2.05, 4.69) is 10.0 Å². The van der Waals surface area contributed by atoms with E-state index in [1.165, 1.54) is 31.0 Å². The standard InChI is InChI=1S/C25H26N2O4S/c28-25(26-18-20-9-4-7-16-24(20)31-22-12-5-6-13-22)19-10-8-11-21(17-19)27-32(29,30)23-14-2-1-3-15-23/h1-4,7-11,14-17,22,27H,5-6,12-13,18H2,(H,26,28). The summed E-state index contributed by atoms with van der Waals surface area (Å²) in [7, 11) is -3.73. The Morgan fingerprint density at radius 3 is 2.41 bits per heavy atom. The summed E-state index contributed by atoms with van der Waals surface area (Å²) in [6.45, 7) is 0.321. The normalized spacial score (nSPS) is 14.1. The summed E-state index contributed by atoms with van der Waals surface area (Å²) in [5, 5.41) is 2.91. The van der Waals surface area contributed by atoms with Gasteiger partial charge in [0.1, 0.15) is 5.75 Å². The number of hydrogen-bond donors (Lipinski definition) is 2. The van der Waals surface area contributed by atoms with Crippen LogP contribution in [0.1, 0.15) is 41.6 Å². The van der Waals surface area contributed by atoms with Crippen molar-refractivity contribution < 1.29 is 17.9 Å². The smallest absolute Gasteiger partial charge is 0.261 e. The van der Waals surface area contributed by atoms with Crippen LogP contribution in [-0.2, 0) is 16.6 Å².